The van der Waals surface area contributed by atoms with Crippen LogP contribution in [-0.4, -0.2) is 20.9 Å². The van der Waals surface area contributed by atoms with Crippen LogP contribution in [0.5, 0.6) is 0 Å². The van der Waals surface area contributed by atoms with Gasteiger partial charge in [0.15, 0.2) is 0 Å². The molecule has 0 aliphatic heterocycles. The van der Waals surface area contributed by atoms with Gasteiger partial charge in [0.1, 0.15) is 28.5 Å². The molecule has 5 aromatic rings. The van der Waals surface area contributed by atoms with Crippen molar-refractivity contribution in [2.75, 3.05) is 5.32 Å². The molecule has 7 heteroatoms. The summed E-state index contributed by atoms with van der Waals surface area (Å²) in [5, 5.41) is 5.23. The van der Waals surface area contributed by atoms with Crippen LogP contribution < -0.4 is 5.32 Å². The van der Waals surface area contributed by atoms with Crippen molar-refractivity contribution in [3.8, 4) is 0 Å². The van der Waals surface area contributed by atoms with Crippen LogP contribution in [0.3, 0.4) is 0 Å². The largest absolute Gasteiger partial charge is 0.457 e. The number of nitrogens with zero attached hydrogens (tertiary/aromatic N) is 3. The molecule has 152 valence electrons. The normalized spacial score (nSPS) is 11.0. The van der Waals surface area contributed by atoms with Gasteiger partial charge >= 0.3 is 5.97 Å². The maximum absolute atomic E-state index is 12.8. The van der Waals surface area contributed by atoms with E-state index in [9.17, 15) is 4.79 Å². The molecule has 0 fully saturated rings. The van der Waals surface area contributed by atoms with Gasteiger partial charge in [0.25, 0.3) is 0 Å². The molecule has 0 saturated carbocycles. The highest BCUT2D eigenvalue weighted by atomic mass is 32.1. The van der Waals surface area contributed by atoms with E-state index in [-0.39, 0.29) is 12.6 Å². The molecule has 0 aliphatic carbocycles. The summed E-state index contributed by atoms with van der Waals surface area (Å²) in [7, 11) is 0. The molecule has 0 saturated heterocycles. The first-order valence-electron chi connectivity index (χ1n) is 9.76. The fourth-order valence-electron chi connectivity index (χ4n) is 3.48. The molecule has 6 nitrogen and oxygen atoms in total. The van der Waals surface area contributed by atoms with Gasteiger partial charge in [-0.2, -0.15) is 0 Å². The Labute approximate surface area is 182 Å². The number of thiophene rings is 1. The number of para-hydroxylation sites is 1. The lowest BCUT2D eigenvalue weighted by molar-refractivity contribution is 0.0478. The van der Waals surface area contributed by atoms with Gasteiger partial charge in [-0.05, 0) is 30.2 Å². The number of esters is 1. The van der Waals surface area contributed by atoms with E-state index >= 15 is 0 Å². The minimum Gasteiger partial charge on any atom is -0.457 e. The number of hydrogen-bond donors (Lipinski definition) is 1. The number of ether oxygens (including phenoxy) is 1. The third-order valence-electron chi connectivity index (χ3n) is 5.01. The van der Waals surface area contributed by atoms with Crippen molar-refractivity contribution in [1.29, 1.82) is 0 Å². The van der Waals surface area contributed by atoms with E-state index in [1.165, 1.54) is 17.7 Å². The molecule has 0 atom stereocenters. The van der Waals surface area contributed by atoms with Gasteiger partial charge in [-0.1, -0.05) is 48.5 Å². The first kappa shape index (κ1) is 19.1. The molecule has 0 spiro atoms. The number of nitrogens with one attached hydrogen (secondary N) is 1. The lowest BCUT2D eigenvalue weighted by Gasteiger charge is -2.09. The van der Waals surface area contributed by atoms with E-state index in [4.69, 9.17) is 4.74 Å². The van der Waals surface area contributed by atoms with Crippen molar-refractivity contribution in [2.45, 2.75) is 13.5 Å². The van der Waals surface area contributed by atoms with E-state index in [2.05, 4.69) is 20.3 Å². The fourth-order valence-corrected chi connectivity index (χ4v) is 4.52. The van der Waals surface area contributed by atoms with Gasteiger partial charge in [-0.25, -0.2) is 14.8 Å². The van der Waals surface area contributed by atoms with Crippen LogP contribution >= 0.6 is 11.3 Å². The summed E-state index contributed by atoms with van der Waals surface area (Å²) in [6.07, 6.45) is 3.26. The van der Waals surface area contributed by atoms with Gasteiger partial charge in [0.05, 0.1) is 16.6 Å². The standard InChI is InChI=1S/C24H18N4O2S/c1-15-19-22(28-18-11-5-9-17-10-6-12-25-20(17)18)26-14-27-23(19)31-21(15)24(29)30-13-16-7-3-2-4-8-16/h2-12,14H,13H2,1H3,(H,26,27,28). The zero-order chi connectivity index (χ0) is 21.2. The number of carbonyl (C=O) groups excluding carboxylic acids is 1. The predicted molar refractivity (Wildman–Crippen MR) is 123 cm³/mol. The number of anilines is 2. The number of aromatic nitrogens is 3. The van der Waals surface area contributed by atoms with Crippen molar-refractivity contribution in [3.63, 3.8) is 0 Å². The van der Waals surface area contributed by atoms with Crippen LogP contribution in [-0.2, 0) is 11.3 Å². The van der Waals surface area contributed by atoms with E-state index < -0.39 is 0 Å². The van der Waals surface area contributed by atoms with Crippen LogP contribution in [0.2, 0.25) is 0 Å². The second kappa shape index (κ2) is 8.12. The number of rotatable bonds is 5. The third-order valence-corrected chi connectivity index (χ3v) is 6.19. The Morgan fingerprint density at radius 1 is 1.00 bits per heavy atom. The Balaban J connectivity index is 1.48. The number of pyridine rings is 1. The monoisotopic (exact) mass is 426 g/mol. The number of aryl methyl sites for hydroxylation is 1. The number of benzene rings is 2. The highest BCUT2D eigenvalue weighted by Gasteiger charge is 2.21. The molecule has 0 aliphatic rings. The van der Waals surface area contributed by atoms with Crippen molar-refractivity contribution in [3.05, 3.63) is 89.2 Å². The zero-order valence-corrected chi connectivity index (χ0v) is 17.5. The van der Waals surface area contributed by atoms with Gasteiger partial charge in [-0.15, -0.1) is 11.3 Å². The van der Waals surface area contributed by atoms with Crippen molar-refractivity contribution in [2.24, 2.45) is 0 Å². The summed E-state index contributed by atoms with van der Waals surface area (Å²) < 4.78 is 5.53. The first-order chi connectivity index (χ1) is 15.2. The van der Waals surface area contributed by atoms with Crippen LogP contribution in [0.25, 0.3) is 21.1 Å². The molecule has 0 unspecified atom stereocenters. The topological polar surface area (TPSA) is 77.0 Å². The third kappa shape index (κ3) is 3.71. The van der Waals surface area contributed by atoms with Gasteiger partial charge < -0.3 is 10.1 Å². The Morgan fingerprint density at radius 2 is 1.84 bits per heavy atom. The highest BCUT2D eigenvalue weighted by molar-refractivity contribution is 7.20. The summed E-state index contributed by atoms with van der Waals surface area (Å²) >= 11 is 1.31. The van der Waals surface area contributed by atoms with Gasteiger partial charge in [-0.3, -0.25) is 4.98 Å². The van der Waals surface area contributed by atoms with E-state index in [1.807, 2.05) is 67.6 Å². The Morgan fingerprint density at radius 3 is 2.71 bits per heavy atom. The predicted octanol–water partition coefficient (Wildman–Crippen LogP) is 5.65. The Hall–Kier alpha value is -3.84. The zero-order valence-electron chi connectivity index (χ0n) is 16.7. The van der Waals surface area contributed by atoms with Crippen LogP contribution in [0.4, 0.5) is 11.5 Å². The Bertz CT molecular complexity index is 1390. The van der Waals surface area contributed by atoms with Crippen molar-refractivity contribution >= 4 is 49.9 Å². The summed E-state index contributed by atoms with van der Waals surface area (Å²) in [4.78, 5) is 27.3. The molecule has 5 rings (SSSR count). The van der Waals surface area contributed by atoms with Crippen LogP contribution in [0, 0.1) is 6.92 Å². The number of fused-ring (bicyclic) bond motifs is 2. The summed E-state index contributed by atoms with van der Waals surface area (Å²) in [5.74, 6) is 0.279. The average molecular weight is 427 g/mol. The SMILES string of the molecule is Cc1c(C(=O)OCc2ccccc2)sc2ncnc(Nc3cccc4cccnc34)c12. The minimum atomic E-state index is -0.359. The van der Waals surface area contributed by atoms with Gasteiger partial charge in [0.2, 0.25) is 0 Å². The quantitative estimate of drug-likeness (QED) is 0.366. The Kier molecular flexibility index (Phi) is 5.01. The summed E-state index contributed by atoms with van der Waals surface area (Å²) in [5.41, 5.74) is 3.44. The molecule has 31 heavy (non-hydrogen) atoms. The number of carbonyl (C=O) groups is 1. The lowest BCUT2D eigenvalue weighted by Crippen LogP contribution is -2.04. The van der Waals surface area contributed by atoms with Gasteiger partial charge in [0, 0.05) is 11.6 Å². The average Bonchev–Trinajstić information content (AvgIpc) is 3.16. The maximum Gasteiger partial charge on any atom is 0.349 e. The lowest BCUT2D eigenvalue weighted by atomic mass is 10.1. The molecular weight excluding hydrogens is 408 g/mol. The van der Waals surface area contributed by atoms with E-state index in [1.54, 1.807) is 6.20 Å². The summed E-state index contributed by atoms with van der Waals surface area (Å²) in [6, 6.07) is 19.5. The second-order valence-electron chi connectivity index (χ2n) is 7.03. The fraction of sp³-hybridized carbons (Fsp3) is 0.0833. The van der Waals surface area contributed by atoms with Crippen molar-refractivity contribution < 1.29 is 9.53 Å². The molecule has 2 aromatic carbocycles. The smallest absolute Gasteiger partial charge is 0.349 e. The minimum absolute atomic E-state index is 0.228. The highest BCUT2D eigenvalue weighted by Crippen LogP contribution is 2.35. The molecular formula is C24H18N4O2S. The molecule has 3 heterocycles. The second-order valence-corrected chi connectivity index (χ2v) is 8.03. The first-order valence-corrected chi connectivity index (χ1v) is 10.6. The maximum atomic E-state index is 12.8. The molecule has 3 aromatic heterocycles. The molecule has 0 bridgehead atoms. The number of hydrogen-bond acceptors (Lipinski definition) is 7. The van der Waals surface area contributed by atoms with Crippen LogP contribution in [0.15, 0.2) is 73.2 Å². The van der Waals surface area contributed by atoms with E-state index in [0.717, 1.165) is 37.9 Å². The molecule has 1 N–H and O–H groups in total. The van der Waals surface area contributed by atoms with Crippen LogP contribution in [0.1, 0.15) is 20.8 Å². The summed E-state index contributed by atoms with van der Waals surface area (Å²) in [6.45, 7) is 2.12. The van der Waals surface area contributed by atoms with Crippen molar-refractivity contribution in [1.82, 2.24) is 15.0 Å². The molecule has 0 amide bonds. The molecule has 0 radical (unpaired) electrons. The van der Waals surface area contributed by atoms with E-state index in [0.29, 0.717) is 10.7 Å².